The molecule has 0 aliphatic carbocycles. The normalized spacial score (nSPS) is 11.8. The standard InChI is InChI=1S/C9H13N3O4S/c13-6(8(14)15)5-12-9(16)11-2-1-7-10-3-4-17-7/h3-4,6,13H,1-2,5H2,(H,14,15)(H2,11,12,16). The third kappa shape index (κ3) is 5.27. The Kier molecular flexibility index (Phi) is 5.37. The molecule has 1 heterocycles. The molecular formula is C9H13N3O4S. The second kappa shape index (κ2) is 6.81. The lowest BCUT2D eigenvalue weighted by Gasteiger charge is -2.08. The molecule has 1 rings (SSSR count). The molecule has 4 N–H and O–H groups in total. The summed E-state index contributed by atoms with van der Waals surface area (Å²) in [5.41, 5.74) is 0. The maximum Gasteiger partial charge on any atom is 0.334 e. The van der Waals surface area contributed by atoms with Crippen molar-refractivity contribution < 1.29 is 19.8 Å². The van der Waals surface area contributed by atoms with Crippen molar-refractivity contribution in [2.45, 2.75) is 12.5 Å². The van der Waals surface area contributed by atoms with Gasteiger partial charge in [0.25, 0.3) is 0 Å². The van der Waals surface area contributed by atoms with Crippen molar-refractivity contribution in [3.8, 4) is 0 Å². The van der Waals surface area contributed by atoms with Crippen molar-refractivity contribution >= 4 is 23.3 Å². The molecule has 1 unspecified atom stereocenters. The number of nitrogens with zero attached hydrogens (tertiary/aromatic N) is 1. The van der Waals surface area contributed by atoms with Crippen LogP contribution in [-0.4, -0.2) is 46.4 Å². The van der Waals surface area contributed by atoms with E-state index in [0.717, 1.165) is 5.01 Å². The maximum absolute atomic E-state index is 11.2. The fourth-order valence-electron chi connectivity index (χ4n) is 0.999. The lowest BCUT2D eigenvalue weighted by atomic mass is 10.3. The molecule has 0 saturated carbocycles. The number of carboxylic acid groups (broad SMARTS) is 1. The number of amides is 2. The number of hydrogen-bond acceptors (Lipinski definition) is 5. The van der Waals surface area contributed by atoms with Crippen LogP contribution in [0.25, 0.3) is 0 Å². The van der Waals surface area contributed by atoms with Crippen LogP contribution in [-0.2, 0) is 11.2 Å². The van der Waals surface area contributed by atoms with Gasteiger partial charge in [-0.25, -0.2) is 14.6 Å². The first-order valence-corrected chi connectivity index (χ1v) is 5.78. The minimum atomic E-state index is -1.58. The largest absolute Gasteiger partial charge is 0.479 e. The first-order valence-electron chi connectivity index (χ1n) is 4.90. The fraction of sp³-hybridized carbons (Fsp3) is 0.444. The van der Waals surface area contributed by atoms with Crippen molar-refractivity contribution in [3.63, 3.8) is 0 Å². The Morgan fingerprint density at radius 1 is 1.47 bits per heavy atom. The molecule has 0 spiro atoms. The molecule has 0 aliphatic heterocycles. The van der Waals surface area contributed by atoms with Gasteiger partial charge in [-0.3, -0.25) is 0 Å². The number of aliphatic carboxylic acids is 1. The highest BCUT2D eigenvalue weighted by Gasteiger charge is 2.13. The van der Waals surface area contributed by atoms with Gasteiger partial charge in [0.15, 0.2) is 6.10 Å². The van der Waals surface area contributed by atoms with Gasteiger partial charge in [-0.15, -0.1) is 11.3 Å². The van der Waals surface area contributed by atoms with E-state index < -0.39 is 18.1 Å². The van der Waals surface area contributed by atoms with Gasteiger partial charge >= 0.3 is 12.0 Å². The molecule has 0 radical (unpaired) electrons. The predicted octanol–water partition coefficient (Wildman–Crippen LogP) is -0.570. The molecular weight excluding hydrogens is 246 g/mol. The van der Waals surface area contributed by atoms with E-state index in [9.17, 15) is 9.59 Å². The van der Waals surface area contributed by atoms with E-state index >= 15 is 0 Å². The second-order valence-electron chi connectivity index (χ2n) is 3.17. The Bertz CT molecular complexity index is 368. The molecule has 0 fully saturated rings. The van der Waals surface area contributed by atoms with Crippen molar-refractivity contribution in [3.05, 3.63) is 16.6 Å². The summed E-state index contributed by atoms with van der Waals surface area (Å²) in [5, 5.41) is 24.8. The minimum absolute atomic E-state index is 0.321. The number of aromatic nitrogens is 1. The average molecular weight is 259 g/mol. The van der Waals surface area contributed by atoms with Gasteiger partial charge in [0.05, 0.1) is 11.6 Å². The maximum atomic E-state index is 11.2. The quantitative estimate of drug-likeness (QED) is 0.546. The lowest BCUT2D eigenvalue weighted by molar-refractivity contribution is -0.146. The van der Waals surface area contributed by atoms with Crippen molar-refractivity contribution in [1.29, 1.82) is 0 Å². The van der Waals surface area contributed by atoms with Gasteiger partial charge < -0.3 is 20.8 Å². The monoisotopic (exact) mass is 259 g/mol. The van der Waals surface area contributed by atoms with Gasteiger partial charge in [-0.05, 0) is 0 Å². The number of hydrogen-bond donors (Lipinski definition) is 4. The molecule has 2 amide bonds. The van der Waals surface area contributed by atoms with E-state index in [1.54, 1.807) is 6.20 Å². The van der Waals surface area contributed by atoms with Crippen LogP contribution in [0, 0.1) is 0 Å². The van der Waals surface area contributed by atoms with E-state index in [-0.39, 0.29) is 6.54 Å². The van der Waals surface area contributed by atoms with Crippen molar-refractivity contribution in [1.82, 2.24) is 15.6 Å². The summed E-state index contributed by atoms with van der Waals surface area (Å²) in [4.78, 5) is 25.4. The summed E-state index contributed by atoms with van der Waals surface area (Å²) in [6.07, 6.45) is 0.718. The van der Waals surface area contributed by atoms with E-state index in [2.05, 4.69) is 15.6 Å². The first-order chi connectivity index (χ1) is 8.09. The Labute approximate surface area is 101 Å². The fourth-order valence-corrected chi connectivity index (χ4v) is 1.62. The number of urea groups is 1. The van der Waals surface area contributed by atoms with Crippen molar-refractivity contribution in [2.75, 3.05) is 13.1 Å². The van der Waals surface area contributed by atoms with E-state index in [1.807, 2.05) is 5.38 Å². The number of thiazole rings is 1. The minimum Gasteiger partial charge on any atom is -0.479 e. The van der Waals surface area contributed by atoms with Crippen LogP contribution in [0.5, 0.6) is 0 Å². The highest BCUT2D eigenvalue weighted by atomic mass is 32.1. The van der Waals surface area contributed by atoms with Crippen LogP contribution < -0.4 is 10.6 Å². The molecule has 0 saturated heterocycles. The Morgan fingerprint density at radius 3 is 2.82 bits per heavy atom. The van der Waals surface area contributed by atoms with Gasteiger partial charge in [0.2, 0.25) is 0 Å². The lowest BCUT2D eigenvalue weighted by Crippen LogP contribution is -2.42. The Hall–Kier alpha value is -1.67. The average Bonchev–Trinajstić information content (AvgIpc) is 2.78. The summed E-state index contributed by atoms with van der Waals surface area (Å²) in [5.74, 6) is -1.37. The van der Waals surface area contributed by atoms with E-state index in [4.69, 9.17) is 10.2 Å². The van der Waals surface area contributed by atoms with Crippen LogP contribution in [0.4, 0.5) is 4.79 Å². The summed E-state index contributed by atoms with van der Waals surface area (Å²) in [6.45, 7) is 0.0843. The van der Waals surface area contributed by atoms with Crippen LogP contribution in [0.15, 0.2) is 11.6 Å². The number of aliphatic hydroxyl groups is 1. The van der Waals surface area contributed by atoms with Gasteiger partial charge in [-0.1, -0.05) is 0 Å². The van der Waals surface area contributed by atoms with Crippen LogP contribution in [0.1, 0.15) is 5.01 Å². The number of carboxylic acids is 1. The number of carbonyl (C=O) groups excluding carboxylic acids is 1. The van der Waals surface area contributed by atoms with E-state index in [0.29, 0.717) is 13.0 Å². The van der Waals surface area contributed by atoms with Gasteiger partial charge in [0, 0.05) is 24.5 Å². The third-order valence-corrected chi connectivity index (χ3v) is 2.69. The number of aliphatic hydroxyl groups excluding tert-OH is 1. The van der Waals surface area contributed by atoms with Crippen molar-refractivity contribution in [2.24, 2.45) is 0 Å². The van der Waals surface area contributed by atoms with E-state index in [1.165, 1.54) is 11.3 Å². The predicted molar refractivity (Wildman–Crippen MR) is 60.9 cm³/mol. The molecule has 8 heteroatoms. The number of rotatable bonds is 6. The topological polar surface area (TPSA) is 112 Å². The molecule has 0 bridgehead atoms. The van der Waals surface area contributed by atoms with Gasteiger partial charge in [0.1, 0.15) is 0 Å². The molecule has 1 aromatic rings. The molecule has 1 aromatic heterocycles. The van der Waals surface area contributed by atoms with Crippen LogP contribution >= 0.6 is 11.3 Å². The molecule has 17 heavy (non-hydrogen) atoms. The zero-order chi connectivity index (χ0) is 12.7. The summed E-state index contributed by atoms with van der Waals surface area (Å²) in [6, 6.07) is -0.512. The molecule has 7 nitrogen and oxygen atoms in total. The first kappa shape index (κ1) is 13.4. The number of nitrogens with one attached hydrogen (secondary N) is 2. The summed E-state index contributed by atoms with van der Waals surface area (Å²) < 4.78 is 0. The molecule has 0 aliphatic rings. The zero-order valence-electron chi connectivity index (χ0n) is 8.92. The number of carbonyl (C=O) groups is 2. The summed E-state index contributed by atoms with van der Waals surface area (Å²) >= 11 is 1.50. The second-order valence-corrected chi connectivity index (χ2v) is 4.15. The molecule has 0 aromatic carbocycles. The highest BCUT2D eigenvalue weighted by molar-refractivity contribution is 7.09. The highest BCUT2D eigenvalue weighted by Crippen LogP contribution is 2.03. The zero-order valence-corrected chi connectivity index (χ0v) is 9.74. The smallest absolute Gasteiger partial charge is 0.334 e. The summed E-state index contributed by atoms with van der Waals surface area (Å²) in [7, 11) is 0. The van der Waals surface area contributed by atoms with Crippen LogP contribution in [0.3, 0.4) is 0 Å². The third-order valence-electron chi connectivity index (χ3n) is 1.85. The van der Waals surface area contributed by atoms with Gasteiger partial charge in [-0.2, -0.15) is 0 Å². The van der Waals surface area contributed by atoms with Crippen LogP contribution in [0.2, 0.25) is 0 Å². The molecule has 1 atom stereocenters. The molecule has 94 valence electrons. The SMILES string of the molecule is O=C(NCCc1nccs1)NCC(O)C(=O)O. The Morgan fingerprint density at radius 2 is 2.24 bits per heavy atom. The Balaban J connectivity index is 2.11.